The minimum atomic E-state index is -5.10. The van der Waals surface area contributed by atoms with Crippen LogP contribution >= 0.6 is 0 Å². The van der Waals surface area contributed by atoms with Crippen molar-refractivity contribution in [1.29, 1.82) is 0 Å². The van der Waals surface area contributed by atoms with E-state index in [2.05, 4.69) is 11.9 Å². The van der Waals surface area contributed by atoms with Gasteiger partial charge in [0.05, 0.1) is 6.54 Å². The smallest absolute Gasteiger partial charge is 0.432 e. The summed E-state index contributed by atoms with van der Waals surface area (Å²) < 4.78 is 57.0. The highest BCUT2D eigenvalue weighted by Crippen LogP contribution is 2.43. The molecule has 0 bridgehead atoms. The molecule has 30 heavy (non-hydrogen) atoms. The number of esters is 1. The van der Waals surface area contributed by atoms with Crippen LogP contribution in [0.3, 0.4) is 0 Å². The maximum absolute atomic E-state index is 14.0. The van der Waals surface area contributed by atoms with E-state index in [4.69, 9.17) is 14.2 Å². The number of halogens is 3. The van der Waals surface area contributed by atoms with E-state index in [9.17, 15) is 22.8 Å². The fourth-order valence-electron chi connectivity index (χ4n) is 2.59. The fourth-order valence-corrected chi connectivity index (χ4v) is 2.59. The van der Waals surface area contributed by atoms with Crippen LogP contribution in [0.2, 0.25) is 0 Å². The van der Waals surface area contributed by atoms with Crippen LogP contribution in [0.25, 0.3) is 0 Å². The zero-order valence-electron chi connectivity index (χ0n) is 17.7. The average Bonchev–Trinajstić information content (AvgIpc) is 2.63. The molecule has 0 aromatic heterocycles. The number of rotatable bonds is 8. The summed E-state index contributed by atoms with van der Waals surface area (Å²) in [5.41, 5.74) is -4.51. The number of nitrogens with one attached hydrogen (secondary N) is 1. The number of benzene rings is 1. The minimum absolute atomic E-state index is 0.277. The molecule has 0 saturated heterocycles. The SMILES string of the molecule is C=C[C@@H](C)[C@H](CNC(=O)OC(C)(C)C)OC(=O)[C@@](OC)(c1ccccc1)C(F)(F)F. The summed E-state index contributed by atoms with van der Waals surface area (Å²) in [6, 6.07) is 6.48. The van der Waals surface area contributed by atoms with Gasteiger partial charge >= 0.3 is 18.2 Å². The first-order valence-electron chi connectivity index (χ1n) is 9.26. The van der Waals surface area contributed by atoms with Crippen molar-refractivity contribution in [2.75, 3.05) is 13.7 Å². The lowest BCUT2D eigenvalue weighted by molar-refractivity contribution is -0.278. The van der Waals surface area contributed by atoms with Gasteiger partial charge in [0.25, 0.3) is 5.60 Å². The summed E-state index contributed by atoms with van der Waals surface area (Å²) in [5.74, 6) is -2.21. The van der Waals surface area contributed by atoms with Crippen LogP contribution in [0.1, 0.15) is 33.3 Å². The lowest BCUT2D eigenvalue weighted by Crippen LogP contribution is -2.53. The number of alkyl halides is 3. The van der Waals surface area contributed by atoms with Gasteiger partial charge in [0, 0.05) is 18.6 Å². The van der Waals surface area contributed by atoms with Crippen molar-refractivity contribution in [3.05, 3.63) is 48.6 Å². The summed E-state index contributed by atoms with van der Waals surface area (Å²) >= 11 is 0. The van der Waals surface area contributed by atoms with E-state index in [0.717, 1.165) is 19.2 Å². The zero-order chi connectivity index (χ0) is 23.2. The lowest BCUT2D eigenvalue weighted by atomic mass is 9.92. The summed E-state index contributed by atoms with van der Waals surface area (Å²) in [4.78, 5) is 24.7. The van der Waals surface area contributed by atoms with Crippen molar-refractivity contribution in [2.45, 2.75) is 51.2 Å². The number of carbonyl (C=O) groups is 2. The Bertz CT molecular complexity index is 730. The molecule has 0 fully saturated rings. The molecule has 1 N–H and O–H groups in total. The van der Waals surface area contributed by atoms with Gasteiger partial charge in [0.2, 0.25) is 0 Å². The summed E-state index contributed by atoms with van der Waals surface area (Å²) in [7, 11) is 0.784. The van der Waals surface area contributed by atoms with Crippen molar-refractivity contribution in [1.82, 2.24) is 5.32 Å². The first-order chi connectivity index (χ1) is 13.8. The first-order valence-corrected chi connectivity index (χ1v) is 9.26. The molecule has 0 aliphatic heterocycles. The van der Waals surface area contributed by atoms with E-state index in [1.54, 1.807) is 27.7 Å². The Morgan fingerprint density at radius 1 is 1.17 bits per heavy atom. The van der Waals surface area contributed by atoms with Gasteiger partial charge in [-0.15, -0.1) is 6.58 Å². The Morgan fingerprint density at radius 3 is 2.17 bits per heavy atom. The van der Waals surface area contributed by atoms with Crippen molar-refractivity contribution in [3.63, 3.8) is 0 Å². The molecular weight excluding hydrogens is 403 g/mol. The van der Waals surface area contributed by atoms with Crippen LogP contribution in [0.15, 0.2) is 43.0 Å². The van der Waals surface area contributed by atoms with E-state index in [1.807, 2.05) is 0 Å². The second-order valence-corrected chi connectivity index (χ2v) is 7.67. The predicted octanol–water partition coefficient (Wildman–Crippen LogP) is 4.35. The minimum Gasteiger partial charge on any atom is -0.457 e. The van der Waals surface area contributed by atoms with Gasteiger partial charge in [-0.25, -0.2) is 9.59 Å². The van der Waals surface area contributed by atoms with Crippen molar-refractivity contribution in [2.24, 2.45) is 5.92 Å². The van der Waals surface area contributed by atoms with Crippen LogP contribution in [0.5, 0.6) is 0 Å². The molecule has 1 aromatic rings. The molecule has 0 aliphatic rings. The summed E-state index contributed by atoms with van der Waals surface area (Å²) in [6.07, 6.45) is -5.63. The largest absolute Gasteiger partial charge is 0.457 e. The number of hydrogen-bond donors (Lipinski definition) is 1. The molecule has 1 amide bonds. The van der Waals surface area contributed by atoms with Gasteiger partial charge in [-0.05, 0) is 20.8 Å². The molecule has 0 aliphatic carbocycles. The molecule has 0 saturated carbocycles. The van der Waals surface area contributed by atoms with Crippen LogP contribution in [0, 0.1) is 5.92 Å². The number of alkyl carbamates (subject to hydrolysis) is 1. The average molecular weight is 431 g/mol. The monoisotopic (exact) mass is 431 g/mol. The maximum Gasteiger partial charge on any atom is 0.432 e. The highest BCUT2D eigenvalue weighted by atomic mass is 19.4. The predicted molar refractivity (Wildman–Crippen MR) is 105 cm³/mol. The first kappa shape index (κ1) is 25.5. The molecule has 0 radical (unpaired) electrons. The Labute approximate surface area is 174 Å². The van der Waals surface area contributed by atoms with E-state index in [0.29, 0.717) is 0 Å². The lowest BCUT2D eigenvalue weighted by Gasteiger charge is -2.34. The molecule has 0 heterocycles. The summed E-state index contributed by atoms with van der Waals surface area (Å²) in [5, 5.41) is 2.40. The molecule has 6 nitrogen and oxygen atoms in total. The number of amides is 1. The second-order valence-electron chi connectivity index (χ2n) is 7.67. The molecule has 9 heteroatoms. The highest BCUT2D eigenvalue weighted by Gasteiger charge is 2.64. The number of methoxy groups -OCH3 is 1. The number of ether oxygens (including phenoxy) is 3. The molecule has 1 aromatic carbocycles. The highest BCUT2D eigenvalue weighted by molar-refractivity contribution is 5.83. The van der Waals surface area contributed by atoms with Gasteiger partial charge in [-0.2, -0.15) is 13.2 Å². The molecule has 0 unspecified atom stereocenters. The Hall–Kier alpha value is -2.55. The third-order valence-electron chi connectivity index (χ3n) is 4.24. The van der Waals surface area contributed by atoms with Crippen LogP contribution in [-0.4, -0.2) is 43.6 Å². The van der Waals surface area contributed by atoms with E-state index >= 15 is 0 Å². The quantitative estimate of drug-likeness (QED) is 0.489. The maximum atomic E-state index is 14.0. The van der Waals surface area contributed by atoms with E-state index in [1.165, 1.54) is 24.3 Å². The van der Waals surface area contributed by atoms with E-state index in [-0.39, 0.29) is 6.54 Å². The number of hydrogen-bond acceptors (Lipinski definition) is 5. The van der Waals surface area contributed by atoms with Crippen molar-refractivity contribution >= 4 is 12.1 Å². The van der Waals surface area contributed by atoms with Gasteiger partial charge in [-0.1, -0.05) is 43.3 Å². The van der Waals surface area contributed by atoms with E-state index < -0.39 is 47.0 Å². The van der Waals surface area contributed by atoms with Crippen LogP contribution < -0.4 is 5.32 Å². The Balaban J connectivity index is 3.15. The molecular formula is C21H28F3NO5. The zero-order valence-corrected chi connectivity index (χ0v) is 17.7. The van der Waals surface area contributed by atoms with Crippen LogP contribution in [-0.2, 0) is 24.6 Å². The third-order valence-corrected chi connectivity index (χ3v) is 4.24. The number of carbonyl (C=O) groups excluding carboxylic acids is 2. The molecule has 3 atom stereocenters. The standard InChI is InChI=1S/C21H28F3NO5/c1-7-14(2)16(13-25-18(27)30-19(3,4)5)29-17(26)20(28-6,21(22,23)24)15-11-9-8-10-12-15/h7-12,14,16H,1,13H2,2-6H3,(H,25,27)/t14-,16+,20+/m1/s1. The fraction of sp³-hybridized carbons (Fsp3) is 0.524. The van der Waals surface area contributed by atoms with Gasteiger partial charge in [0.15, 0.2) is 0 Å². The molecule has 1 rings (SSSR count). The topological polar surface area (TPSA) is 73.9 Å². The Kier molecular flexibility index (Phi) is 8.47. The summed E-state index contributed by atoms with van der Waals surface area (Å²) in [6.45, 7) is 9.87. The second kappa shape index (κ2) is 9.97. The van der Waals surface area contributed by atoms with Gasteiger partial charge in [-0.3, -0.25) is 0 Å². The Morgan fingerprint density at radius 2 is 1.73 bits per heavy atom. The molecule has 168 valence electrons. The third kappa shape index (κ3) is 6.22. The van der Waals surface area contributed by atoms with Gasteiger partial charge < -0.3 is 19.5 Å². The van der Waals surface area contributed by atoms with Crippen LogP contribution in [0.4, 0.5) is 18.0 Å². The van der Waals surface area contributed by atoms with Crippen molar-refractivity contribution < 1.29 is 37.0 Å². The molecule has 0 spiro atoms. The van der Waals surface area contributed by atoms with Crippen molar-refractivity contribution in [3.8, 4) is 0 Å². The van der Waals surface area contributed by atoms with Gasteiger partial charge in [0.1, 0.15) is 11.7 Å². The normalized spacial score (nSPS) is 16.0.